The molecule has 0 spiro atoms. The van der Waals surface area contributed by atoms with E-state index in [0.29, 0.717) is 0 Å². The van der Waals surface area contributed by atoms with E-state index < -0.39 is 0 Å². The van der Waals surface area contributed by atoms with Gasteiger partial charge in [0.1, 0.15) is 0 Å². The molecule has 0 aliphatic carbocycles. The van der Waals surface area contributed by atoms with Gasteiger partial charge in [-0.15, -0.1) is 0 Å². The minimum atomic E-state index is 1.16. The van der Waals surface area contributed by atoms with Crippen LogP contribution in [0.15, 0.2) is 388 Å². The molecule has 0 amide bonds. The van der Waals surface area contributed by atoms with Crippen molar-refractivity contribution in [2.75, 3.05) is 0 Å². The first-order chi connectivity index (χ1) is 51.6. The fraction of sp³-hybridized carbons (Fsp3) is 0. The molecule has 0 unspecified atom stereocenters. The van der Waals surface area contributed by atoms with E-state index in [1.54, 1.807) is 0 Å². The Morgan fingerprint density at radius 1 is 0.125 bits per heavy atom. The normalized spacial score (nSPS) is 11.8. The first-order valence-electron chi connectivity index (χ1n) is 35.9. The van der Waals surface area contributed by atoms with Crippen molar-refractivity contribution in [3.8, 4) is 67.3 Å². The monoisotopic (exact) mass is 1320 g/mol. The maximum absolute atomic E-state index is 2.44. The van der Waals surface area contributed by atoms with Crippen LogP contribution in [0.5, 0.6) is 0 Å². The predicted octanol–water partition coefficient (Wildman–Crippen LogP) is 27.0. The van der Waals surface area contributed by atoms with Crippen molar-refractivity contribution in [1.29, 1.82) is 0 Å². The molecule has 104 heavy (non-hydrogen) atoms. The van der Waals surface area contributed by atoms with Crippen molar-refractivity contribution < 1.29 is 0 Å². The SMILES string of the molecule is c1ccc(-c2ccc3cc(-n4c5ccccc5c5c6c7ccccc7n(-c7ccc(-c8ccc9ccccc9c8)cc7)c6ccc54)ccc3c2)cc1.c1ccc2cc(-c3ccc(-n4c5ccccc5c5c6c7ccccc7n(-c7ccc(-c8ccc9ccccc9c8)cc7)c6ccc54)cc3)ccc2c1. The maximum atomic E-state index is 2.44. The number of benzene rings is 18. The molecular formula is C100H64N4. The van der Waals surface area contributed by atoms with Gasteiger partial charge in [-0.1, -0.05) is 267 Å². The Morgan fingerprint density at radius 3 is 0.683 bits per heavy atom. The molecule has 0 saturated carbocycles. The van der Waals surface area contributed by atoms with Gasteiger partial charge in [0.25, 0.3) is 0 Å². The van der Waals surface area contributed by atoms with Gasteiger partial charge in [-0.05, 0) is 209 Å². The van der Waals surface area contributed by atoms with Gasteiger partial charge in [0.05, 0.1) is 44.1 Å². The summed E-state index contributed by atoms with van der Waals surface area (Å²) in [5.41, 5.74) is 24.1. The number of rotatable bonds is 8. The van der Waals surface area contributed by atoms with Crippen LogP contribution < -0.4 is 0 Å². The van der Waals surface area contributed by atoms with E-state index in [1.165, 1.54) is 181 Å². The minimum absolute atomic E-state index is 1.16. The second-order valence-corrected chi connectivity index (χ2v) is 27.6. The van der Waals surface area contributed by atoms with Gasteiger partial charge in [0.15, 0.2) is 0 Å². The zero-order valence-corrected chi connectivity index (χ0v) is 56.7. The van der Waals surface area contributed by atoms with Gasteiger partial charge < -0.3 is 18.3 Å². The van der Waals surface area contributed by atoms with Crippen LogP contribution in [0.4, 0.5) is 0 Å². The van der Waals surface area contributed by atoms with Crippen molar-refractivity contribution in [2.45, 2.75) is 0 Å². The Labute approximate surface area is 600 Å². The summed E-state index contributed by atoms with van der Waals surface area (Å²) < 4.78 is 9.73. The number of hydrogen-bond acceptors (Lipinski definition) is 0. The van der Waals surface area contributed by atoms with E-state index in [4.69, 9.17) is 0 Å². The largest absolute Gasteiger partial charge is 0.309 e. The second-order valence-electron chi connectivity index (χ2n) is 27.6. The lowest BCUT2D eigenvalue weighted by Crippen LogP contribution is -1.95. The molecule has 0 saturated heterocycles. The summed E-state index contributed by atoms with van der Waals surface area (Å²) in [6, 6.07) is 142. The first-order valence-corrected chi connectivity index (χ1v) is 35.9. The van der Waals surface area contributed by atoms with Crippen LogP contribution in [0.25, 0.3) is 198 Å². The molecule has 0 aliphatic rings. The molecule has 18 aromatic carbocycles. The third-order valence-electron chi connectivity index (χ3n) is 21.8. The molecule has 4 heteroatoms. The second kappa shape index (κ2) is 24.0. The van der Waals surface area contributed by atoms with Gasteiger partial charge in [-0.3, -0.25) is 0 Å². The van der Waals surface area contributed by atoms with Crippen LogP contribution in [0, 0.1) is 0 Å². The quantitative estimate of drug-likeness (QED) is 0.144. The number of aromatic nitrogens is 4. The molecule has 0 aliphatic heterocycles. The van der Waals surface area contributed by atoms with E-state index in [2.05, 4.69) is 407 Å². The highest BCUT2D eigenvalue weighted by atomic mass is 15.0. The van der Waals surface area contributed by atoms with Gasteiger partial charge in [-0.25, -0.2) is 0 Å². The van der Waals surface area contributed by atoms with Crippen molar-refractivity contribution in [1.82, 2.24) is 18.3 Å². The van der Waals surface area contributed by atoms with Crippen LogP contribution in [0.3, 0.4) is 0 Å². The first kappa shape index (κ1) is 59.1. The van der Waals surface area contributed by atoms with Crippen LogP contribution in [0.2, 0.25) is 0 Å². The highest BCUT2D eigenvalue weighted by molar-refractivity contribution is 6.30. The molecule has 4 aromatic heterocycles. The number of para-hydroxylation sites is 4. The smallest absolute Gasteiger partial charge is 0.0548 e. The molecular weight excluding hydrogens is 1260 g/mol. The summed E-state index contributed by atoms with van der Waals surface area (Å²) in [7, 11) is 0. The van der Waals surface area contributed by atoms with Gasteiger partial charge in [0, 0.05) is 65.8 Å². The number of fused-ring (bicyclic) bond motifs is 18. The van der Waals surface area contributed by atoms with Gasteiger partial charge in [0.2, 0.25) is 0 Å². The predicted molar refractivity (Wildman–Crippen MR) is 442 cm³/mol. The fourth-order valence-electron chi connectivity index (χ4n) is 16.8. The molecule has 4 heterocycles. The zero-order valence-electron chi connectivity index (χ0n) is 56.7. The van der Waals surface area contributed by atoms with Crippen LogP contribution >= 0.6 is 0 Å². The fourth-order valence-corrected chi connectivity index (χ4v) is 16.8. The van der Waals surface area contributed by atoms with Crippen molar-refractivity contribution >= 4 is 130 Å². The Hall–Kier alpha value is -13.8. The molecule has 484 valence electrons. The van der Waals surface area contributed by atoms with E-state index >= 15 is 0 Å². The van der Waals surface area contributed by atoms with Crippen molar-refractivity contribution in [3.63, 3.8) is 0 Å². The van der Waals surface area contributed by atoms with Crippen LogP contribution in [-0.2, 0) is 0 Å². The van der Waals surface area contributed by atoms with Crippen molar-refractivity contribution in [3.05, 3.63) is 388 Å². The highest BCUT2D eigenvalue weighted by Gasteiger charge is 2.23. The van der Waals surface area contributed by atoms with E-state index in [0.717, 1.165) is 17.1 Å². The van der Waals surface area contributed by atoms with E-state index in [-0.39, 0.29) is 0 Å². The number of hydrogen-bond donors (Lipinski definition) is 0. The third kappa shape index (κ3) is 9.61. The molecule has 0 radical (unpaired) electrons. The summed E-state index contributed by atoms with van der Waals surface area (Å²) >= 11 is 0. The number of nitrogens with zero attached hydrogens (tertiary/aromatic N) is 4. The van der Waals surface area contributed by atoms with Gasteiger partial charge in [-0.2, -0.15) is 0 Å². The summed E-state index contributed by atoms with van der Waals surface area (Å²) in [6.45, 7) is 0. The standard InChI is InChI=1S/2C50H32N2/c1-3-11-37-31-39(19-17-33(37)9-1)35-21-25-41(26-22-35)51-45-15-7-5-13-43(45)49-47(51)29-30-48-50(49)44-14-6-8-16-46(44)52(48)42-27-23-36(24-28-42)40-20-18-34-10-2-4-12-38(34)32-40;1-2-10-33(11-3-1)37-20-21-40-32-42(27-24-39(40)31-37)52-46-17-9-7-15-44(46)50-48(52)29-28-47-49(50)43-14-6-8-16-45(43)51(47)41-25-22-35(23-26-41)38-19-18-34-12-4-5-13-36(34)30-38/h2*1-32H. The zero-order chi connectivity index (χ0) is 68.3. The van der Waals surface area contributed by atoms with Crippen LogP contribution in [0.1, 0.15) is 0 Å². The topological polar surface area (TPSA) is 19.7 Å². The average Bonchev–Trinajstić information content (AvgIpc) is 1.55. The molecule has 0 N–H and O–H groups in total. The molecule has 0 bridgehead atoms. The summed E-state index contributed by atoms with van der Waals surface area (Å²) in [5.74, 6) is 0. The Kier molecular flexibility index (Phi) is 13.6. The Balaban J connectivity index is 0.000000134. The lowest BCUT2D eigenvalue weighted by molar-refractivity contribution is 1.17. The third-order valence-corrected chi connectivity index (χ3v) is 21.8. The molecule has 0 atom stereocenters. The van der Waals surface area contributed by atoms with Gasteiger partial charge >= 0.3 is 0 Å². The van der Waals surface area contributed by atoms with Crippen LogP contribution in [-0.4, -0.2) is 18.3 Å². The molecule has 4 nitrogen and oxygen atoms in total. The van der Waals surface area contributed by atoms with Crippen molar-refractivity contribution in [2.24, 2.45) is 0 Å². The Morgan fingerprint density at radius 2 is 0.346 bits per heavy atom. The summed E-state index contributed by atoms with van der Waals surface area (Å²) in [5, 5.41) is 20.2. The summed E-state index contributed by atoms with van der Waals surface area (Å²) in [4.78, 5) is 0. The van der Waals surface area contributed by atoms with E-state index in [1.807, 2.05) is 0 Å². The molecule has 0 fully saturated rings. The molecule has 22 aromatic rings. The maximum Gasteiger partial charge on any atom is 0.0548 e. The Bertz CT molecular complexity index is 6970. The van der Waals surface area contributed by atoms with E-state index in [9.17, 15) is 0 Å². The highest BCUT2D eigenvalue weighted by Crippen LogP contribution is 2.46. The average molecular weight is 1320 g/mol. The molecule has 22 rings (SSSR count). The lowest BCUT2D eigenvalue weighted by Gasteiger charge is -2.11. The minimum Gasteiger partial charge on any atom is -0.309 e. The lowest BCUT2D eigenvalue weighted by atomic mass is 10.0. The summed E-state index contributed by atoms with van der Waals surface area (Å²) in [6.07, 6.45) is 0.